The molecule has 0 atom stereocenters. The van der Waals surface area contributed by atoms with E-state index in [4.69, 9.17) is 4.74 Å². The van der Waals surface area contributed by atoms with E-state index in [1.54, 1.807) is 23.1 Å². The van der Waals surface area contributed by atoms with Crippen molar-refractivity contribution in [1.29, 1.82) is 0 Å². The maximum absolute atomic E-state index is 12.6. The molecule has 1 aliphatic heterocycles. The summed E-state index contributed by atoms with van der Waals surface area (Å²) in [6.45, 7) is 0.607. The maximum atomic E-state index is 12.6. The predicted molar refractivity (Wildman–Crippen MR) is 83.7 cm³/mol. The molecule has 1 saturated heterocycles. The fourth-order valence-corrected chi connectivity index (χ4v) is 2.75. The minimum absolute atomic E-state index is 0.0946. The number of amides is 1. The Hall–Kier alpha value is -2.09. The number of hydrogen-bond donors (Lipinski definition) is 0. The van der Waals surface area contributed by atoms with Crippen molar-refractivity contribution in [3.8, 4) is 5.88 Å². The van der Waals surface area contributed by atoms with Gasteiger partial charge in [0, 0.05) is 10.5 Å². The van der Waals surface area contributed by atoms with Crippen LogP contribution < -0.4 is 4.74 Å². The SMILES string of the molecule is O=C(c1ccccc1Br)N1CC(Oc2cccc(C(F)(F)F)n2)C1. The quantitative estimate of drug-likeness (QED) is 0.787. The Morgan fingerprint density at radius 2 is 1.88 bits per heavy atom. The van der Waals surface area contributed by atoms with Gasteiger partial charge in [-0.15, -0.1) is 0 Å². The summed E-state index contributed by atoms with van der Waals surface area (Å²) in [5.41, 5.74) is -0.464. The molecule has 1 amide bonds. The second-order valence-electron chi connectivity index (χ2n) is 5.29. The molecule has 0 bridgehead atoms. The summed E-state index contributed by atoms with van der Waals surface area (Å²) in [5.74, 6) is -0.248. The highest BCUT2D eigenvalue weighted by atomic mass is 79.9. The van der Waals surface area contributed by atoms with Gasteiger partial charge in [-0.2, -0.15) is 13.2 Å². The third kappa shape index (κ3) is 3.53. The van der Waals surface area contributed by atoms with Crippen LogP contribution in [0.1, 0.15) is 16.1 Å². The molecule has 0 saturated carbocycles. The fraction of sp³-hybridized carbons (Fsp3) is 0.250. The van der Waals surface area contributed by atoms with E-state index in [1.807, 2.05) is 6.07 Å². The first-order valence-corrected chi connectivity index (χ1v) is 7.88. The third-order valence-electron chi connectivity index (χ3n) is 3.54. The average Bonchev–Trinajstić information content (AvgIpc) is 2.50. The molecule has 0 N–H and O–H groups in total. The van der Waals surface area contributed by atoms with E-state index in [2.05, 4.69) is 20.9 Å². The molecule has 0 spiro atoms. The first-order chi connectivity index (χ1) is 11.3. The molecule has 24 heavy (non-hydrogen) atoms. The van der Waals surface area contributed by atoms with Gasteiger partial charge in [0.25, 0.3) is 5.91 Å². The number of hydrogen-bond acceptors (Lipinski definition) is 3. The van der Waals surface area contributed by atoms with Crippen molar-refractivity contribution in [3.63, 3.8) is 0 Å². The molecular formula is C16H12BrF3N2O2. The van der Waals surface area contributed by atoms with Crippen molar-refractivity contribution in [1.82, 2.24) is 9.88 Å². The van der Waals surface area contributed by atoms with Crippen molar-refractivity contribution >= 4 is 21.8 Å². The van der Waals surface area contributed by atoms with Gasteiger partial charge in [0.05, 0.1) is 18.7 Å². The van der Waals surface area contributed by atoms with Gasteiger partial charge in [0.15, 0.2) is 0 Å². The second-order valence-corrected chi connectivity index (χ2v) is 6.14. The fourth-order valence-electron chi connectivity index (χ4n) is 2.29. The molecular weight excluding hydrogens is 389 g/mol. The summed E-state index contributed by atoms with van der Waals surface area (Å²) < 4.78 is 44.0. The lowest BCUT2D eigenvalue weighted by Crippen LogP contribution is -2.56. The number of likely N-dealkylation sites (tertiary alicyclic amines) is 1. The molecule has 4 nitrogen and oxygen atoms in total. The van der Waals surface area contributed by atoms with Gasteiger partial charge in [0.1, 0.15) is 11.8 Å². The number of rotatable bonds is 3. The molecule has 3 rings (SSSR count). The molecule has 1 aromatic carbocycles. The highest BCUT2D eigenvalue weighted by molar-refractivity contribution is 9.10. The molecule has 0 radical (unpaired) electrons. The Morgan fingerprint density at radius 3 is 2.54 bits per heavy atom. The number of alkyl halides is 3. The molecule has 2 heterocycles. The highest BCUT2D eigenvalue weighted by Gasteiger charge is 2.35. The zero-order valence-electron chi connectivity index (χ0n) is 12.3. The van der Waals surface area contributed by atoms with Crippen LogP contribution in [0, 0.1) is 0 Å². The lowest BCUT2D eigenvalue weighted by molar-refractivity contribution is -0.141. The topological polar surface area (TPSA) is 42.4 Å². The van der Waals surface area contributed by atoms with Crippen molar-refractivity contribution in [2.75, 3.05) is 13.1 Å². The van der Waals surface area contributed by atoms with Crippen LogP contribution in [0.5, 0.6) is 5.88 Å². The van der Waals surface area contributed by atoms with E-state index in [0.717, 1.165) is 6.07 Å². The Labute approximate surface area is 144 Å². The summed E-state index contributed by atoms with van der Waals surface area (Å²) in [6, 6.07) is 10.5. The first kappa shape index (κ1) is 16.8. The molecule has 1 aliphatic rings. The third-order valence-corrected chi connectivity index (χ3v) is 4.23. The monoisotopic (exact) mass is 400 g/mol. The molecule has 1 aromatic heterocycles. The second kappa shape index (κ2) is 6.43. The number of aromatic nitrogens is 1. The largest absolute Gasteiger partial charge is 0.471 e. The summed E-state index contributed by atoms with van der Waals surface area (Å²) in [5, 5.41) is 0. The van der Waals surface area contributed by atoms with Crippen LogP contribution >= 0.6 is 15.9 Å². The molecule has 1 fully saturated rings. The van der Waals surface area contributed by atoms with Gasteiger partial charge in [0.2, 0.25) is 5.88 Å². The Kier molecular flexibility index (Phi) is 4.49. The first-order valence-electron chi connectivity index (χ1n) is 7.09. The van der Waals surface area contributed by atoms with Gasteiger partial charge in [-0.25, -0.2) is 4.98 Å². The number of ether oxygens (including phenoxy) is 1. The zero-order valence-corrected chi connectivity index (χ0v) is 13.8. The zero-order chi connectivity index (χ0) is 17.3. The standard InChI is InChI=1S/C16H12BrF3N2O2/c17-12-5-2-1-4-11(12)15(23)22-8-10(9-22)24-14-7-3-6-13(21-14)16(18,19)20/h1-7,10H,8-9H2. The van der Waals surface area contributed by atoms with Gasteiger partial charge in [-0.1, -0.05) is 18.2 Å². The minimum atomic E-state index is -4.51. The Morgan fingerprint density at radius 1 is 1.17 bits per heavy atom. The van der Waals surface area contributed by atoms with Crippen LogP contribution in [0.25, 0.3) is 0 Å². The van der Waals surface area contributed by atoms with E-state index in [0.29, 0.717) is 23.1 Å². The molecule has 126 valence electrons. The minimum Gasteiger partial charge on any atom is -0.471 e. The lowest BCUT2D eigenvalue weighted by atomic mass is 10.1. The van der Waals surface area contributed by atoms with Gasteiger partial charge >= 0.3 is 6.18 Å². The van der Waals surface area contributed by atoms with Crippen LogP contribution in [0.3, 0.4) is 0 Å². The number of carbonyl (C=O) groups excluding carboxylic acids is 1. The Balaban J connectivity index is 1.60. The van der Waals surface area contributed by atoms with Crippen LogP contribution in [0.2, 0.25) is 0 Å². The number of halogens is 4. The van der Waals surface area contributed by atoms with E-state index in [-0.39, 0.29) is 17.9 Å². The Bertz CT molecular complexity index is 761. The van der Waals surface area contributed by atoms with Gasteiger partial charge < -0.3 is 9.64 Å². The van der Waals surface area contributed by atoms with E-state index >= 15 is 0 Å². The van der Waals surface area contributed by atoms with Crippen LogP contribution in [-0.2, 0) is 6.18 Å². The average molecular weight is 401 g/mol. The summed E-state index contributed by atoms with van der Waals surface area (Å²) in [7, 11) is 0. The summed E-state index contributed by atoms with van der Waals surface area (Å²) in [6.07, 6.45) is -4.88. The van der Waals surface area contributed by atoms with Crippen molar-refractivity contribution in [2.24, 2.45) is 0 Å². The maximum Gasteiger partial charge on any atom is 0.433 e. The van der Waals surface area contributed by atoms with Crippen molar-refractivity contribution in [2.45, 2.75) is 12.3 Å². The molecule has 0 aliphatic carbocycles. The van der Waals surface area contributed by atoms with Crippen molar-refractivity contribution < 1.29 is 22.7 Å². The normalized spacial score (nSPS) is 15.1. The molecule has 2 aromatic rings. The van der Waals surface area contributed by atoms with Crippen molar-refractivity contribution in [3.05, 3.63) is 58.2 Å². The number of nitrogens with zero attached hydrogens (tertiary/aromatic N) is 2. The number of benzene rings is 1. The van der Waals surface area contributed by atoms with Crippen LogP contribution in [0.4, 0.5) is 13.2 Å². The number of carbonyl (C=O) groups is 1. The molecule has 0 unspecified atom stereocenters. The van der Waals surface area contributed by atoms with Gasteiger partial charge in [-0.3, -0.25) is 4.79 Å². The van der Waals surface area contributed by atoms with Crippen LogP contribution in [-0.4, -0.2) is 35.0 Å². The summed E-state index contributed by atoms with van der Waals surface area (Å²) >= 11 is 3.32. The number of pyridine rings is 1. The van der Waals surface area contributed by atoms with E-state index in [1.165, 1.54) is 12.1 Å². The van der Waals surface area contributed by atoms with E-state index < -0.39 is 11.9 Å². The molecule has 8 heteroatoms. The smallest absolute Gasteiger partial charge is 0.433 e. The summed E-state index contributed by atoms with van der Waals surface area (Å²) in [4.78, 5) is 17.3. The van der Waals surface area contributed by atoms with Gasteiger partial charge in [-0.05, 0) is 34.1 Å². The van der Waals surface area contributed by atoms with E-state index in [9.17, 15) is 18.0 Å². The van der Waals surface area contributed by atoms with Crippen LogP contribution in [0.15, 0.2) is 46.9 Å². The highest BCUT2D eigenvalue weighted by Crippen LogP contribution is 2.29. The lowest BCUT2D eigenvalue weighted by Gasteiger charge is -2.38. The predicted octanol–water partition coefficient (Wildman–Crippen LogP) is 3.77.